The van der Waals surface area contributed by atoms with E-state index in [-0.39, 0.29) is 18.2 Å². The SMILES string of the molecule is CC/C=C\c1c(CC(=O)OC)ccc2c1C(=O)C(C)(C)/C=C\C=C/CO2. The van der Waals surface area contributed by atoms with E-state index in [0.29, 0.717) is 17.9 Å². The minimum atomic E-state index is -0.696. The van der Waals surface area contributed by atoms with Crippen LogP contribution in [0.1, 0.15) is 48.7 Å². The molecule has 0 fully saturated rings. The molecule has 0 amide bonds. The molecule has 0 bridgehead atoms. The zero-order chi connectivity index (χ0) is 19.2. The summed E-state index contributed by atoms with van der Waals surface area (Å²) in [7, 11) is 1.36. The van der Waals surface area contributed by atoms with E-state index in [4.69, 9.17) is 9.47 Å². The van der Waals surface area contributed by atoms with E-state index in [1.165, 1.54) is 7.11 Å². The molecule has 1 aromatic rings. The molecule has 1 aliphatic heterocycles. The van der Waals surface area contributed by atoms with Crippen molar-refractivity contribution < 1.29 is 19.1 Å². The Morgan fingerprint density at radius 1 is 1.31 bits per heavy atom. The number of fused-ring (bicyclic) bond motifs is 1. The van der Waals surface area contributed by atoms with Crippen LogP contribution in [-0.2, 0) is 16.0 Å². The highest BCUT2D eigenvalue weighted by molar-refractivity contribution is 6.07. The van der Waals surface area contributed by atoms with Crippen LogP contribution >= 0.6 is 0 Å². The Balaban J connectivity index is 2.70. The van der Waals surface area contributed by atoms with Gasteiger partial charge in [-0.3, -0.25) is 9.59 Å². The lowest BCUT2D eigenvalue weighted by atomic mass is 9.80. The number of Topliss-reactive ketones (excluding diaryl/α,β-unsaturated/α-hetero) is 1. The molecule has 0 spiro atoms. The summed E-state index contributed by atoms with van der Waals surface area (Å²) in [6, 6.07) is 3.60. The van der Waals surface area contributed by atoms with Gasteiger partial charge in [-0.05, 0) is 43.5 Å². The van der Waals surface area contributed by atoms with Gasteiger partial charge in [-0.25, -0.2) is 0 Å². The first kappa shape index (κ1) is 19.7. The summed E-state index contributed by atoms with van der Waals surface area (Å²) in [5.41, 5.74) is 1.30. The Kier molecular flexibility index (Phi) is 6.56. The molecule has 0 unspecified atom stereocenters. The largest absolute Gasteiger partial charge is 0.489 e. The molecule has 138 valence electrons. The number of ether oxygens (including phenoxy) is 2. The Hall–Kier alpha value is -2.62. The summed E-state index contributed by atoms with van der Waals surface area (Å²) in [4.78, 5) is 25.2. The van der Waals surface area contributed by atoms with E-state index < -0.39 is 5.41 Å². The number of ketones is 1. The molecule has 4 nitrogen and oxygen atoms in total. The monoisotopic (exact) mass is 354 g/mol. The second-order valence-electron chi connectivity index (χ2n) is 6.72. The van der Waals surface area contributed by atoms with E-state index in [0.717, 1.165) is 17.5 Å². The van der Waals surface area contributed by atoms with Gasteiger partial charge in [0.25, 0.3) is 0 Å². The van der Waals surface area contributed by atoms with Crippen LogP contribution in [0.3, 0.4) is 0 Å². The Bertz CT molecular complexity index is 767. The summed E-state index contributed by atoms with van der Waals surface area (Å²) in [5, 5.41) is 0. The van der Waals surface area contributed by atoms with Gasteiger partial charge in [0.05, 0.1) is 19.1 Å². The van der Waals surface area contributed by atoms with Crippen LogP contribution in [0.5, 0.6) is 5.75 Å². The number of rotatable bonds is 4. The van der Waals surface area contributed by atoms with Crippen molar-refractivity contribution in [1.29, 1.82) is 0 Å². The second kappa shape index (κ2) is 8.65. The molecule has 0 N–H and O–H groups in total. The number of hydrogen-bond acceptors (Lipinski definition) is 4. The molecular weight excluding hydrogens is 328 g/mol. The lowest BCUT2D eigenvalue weighted by molar-refractivity contribution is -0.139. The fourth-order valence-corrected chi connectivity index (χ4v) is 2.77. The first-order valence-electron chi connectivity index (χ1n) is 8.82. The smallest absolute Gasteiger partial charge is 0.309 e. The molecule has 0 radical (unpaired) electrons. The van der Waals surface area contributed by atoms with Crippen molar-refractivity contribution in [3.8, 4) is 5.75 Å². The van der Waals surface area contributed by atoms with Crippen molar-refractivity contribution in [1.82, 2.24) is 0 Å². The van der Waals surface area contributed by atoms with E-state index >= 15 is 0 Å². The molecule has 1 heterocycles. The normalized spacial score (nSPS) is 18.7. The zero-order valence-electron chi connectivity index (χ0n) is 15.9. The minimum Gasteiger partial charge on any atom is -0.489 e. The number of allylic oxidation sites excluding steroid dienone is 4. The molecule has 2 rings (SSSR count). The predicted molar refractivity (Wildman–Crippen MR) is 103 cm³/mol. The van der Waals surface area contributed by atoms with E-state index in [1.54, 1.807) is 6.07 Å². The molecule has 0 saturated carbocycles. The van der Waals surface area contributed by atoms with Crippen molar-refractivity contribution in [3.05, 3.63) is 59.2 Å². The minimum absolute atomic E-state index is 0.0403. The quantitative estimate of drug-likeness (QED) is 0.745. The average Bonchev–Trinajstić information content (AvgIpc) is 2.62. The Morgan fingerprint density at radius 2 is 2.08 bits per heavy atom. The fourth-order valence-electron chi connectivity index (χ4n) is 2.77. The lowest BCUT2D eigenvalue weighted by Gasteiger charge is -2.24. The van der Waals surface area contributed by atoms with Crippen molar-refractivity contribution in [2.75, 3.05) is 13.7 Å². The summed E-state index contributed by atoms with van der Waals surface area (Å²) in [6.07, 6.45) is 12.3. The molecule has 0 aromatic heterocycles. The van der Waals surface area contributed by atoms with Gasteiger partial charge in [0.1, 0.15) is 12.4 Å². The standard InChI is InChI=1S/C22H26O4/c1-5-6-10-17-16(15-19(23)25-4)11-12-18-20(17)21(24)22(2,3)13-8-7-9-14-26-18/h6-13H,5,14-15H2,1-4H3/b9-7-,10-6-,13-8-. The van der Waals surface area contributed by atoms with Crippen LogP contribution in [0.4, 0.5) is 0 Å². The van der Waals surface area contributed by atoms with Gasteiger partial charge in [-0.15, -0.1) is 0 Å². The highest BCUT2D eigenvalue weighted by atomic mass is 16.5. The maximum Gasteiger partial charge on any atom is 0.309 e. The molecule has 0 atom stereocenters. The molecule has 1 aliphatic rings. The molecule has 26 heavy (non-hydrogen) atoms. The van der Waals surface area contributed by atoms with Gasteiger partial charge in [-0.2, -0.15) is 0 Å². The number of methoxy groups -OCH3 is 1. The summed E-state index contributed by atoms with van der Waals surface area (Å²) in [6.45, 7) is 6.16. The first-order chi connectivity index (χ1) is 12.4. The van der Waals surface area contributed by atoms with Gasteiger partial charge in [0.15, 0.2) is 5.78 Å². The third-order valence-corrected chi connectivity index (χ3v) is 4.29. The van der Waals surface area contributed by atoms with Crippen LogP contribution in [-0.4, -0.2) is 25.5 Å². The number of carbonyl (C=O) groups is 2. The zero-order valence-corrected chi connectivity index (χ0v) is 15.9. The van der Waals surface area contributed by atoms with Gasteiger partial charge in [-0.1, -0.05) is 43.4 Å². The van der Waals surface area contributed by atoms with Crippen molar-refractivity contribution in [2.24, 2.45) is 5.41 Å². The Morgan fingerprint density at radius 3 is 2.77 bits per heavy atom. The molecule has 4 heteroatoms. The van der Waals surface area contributed by atoms with Crippen LogP contribution in [0.25, 0.3) is 6.08 Å². The average molecular weight is 354 g/mol. The number of hydrogen-bond donors (Lipinski definition) is 0. The Labute approximate surface area is 155 Å². The third kappa shape index (κ3) is 4.51. The topological polar surface area (TPSA) is 52.6 Å². The summed E-state index contributed by atoms with van der Waals surface area (Å²) < 4.78 is 10.7. The van der Waals surface area contributed by atoms with E-state index in [2.05, 4.69) is 0 Å². The first-order valence-corrected chi connectivity index (χ1v) is 8.82. The third-order valence-electron chi connectivity index (χ3n) is 4.29. The summed E-state index contributed by atoms with van der Waals surface area (Å²) >= 11 is 0. The maximum absolute atomic E-state index is 13.4. The van der Waals surface area contributed by atoms with Gasteiger partial charge in [0.2, 0.25) is 0 Å². The summed E-state index contributed by atoms with van der Waals surface area (Å²) in [5.74, 6) is 0.153. The highest BCUT2D eigenvalue weighted by Crippen LogP contribution is 2.35. The van der Waals surface area contributed by atoms with Gasteiger partial charge < -0.3 is 9.47 Å². The lowest BCUT2D eigenvalue weighted by Crippen LogP contribution is -2.24. The van der Waals surface area contributed by atoms with Crippen molar-refractivity contribution in [3.63, 3.8) is 0 Å². The van der Waals surface area contributed by atoms with Crippen molar-refractivity contribution >= 4 is 17.8 Å². The van der Waals surface area contributed by atoms with E-state index in [9.17, 15) is 9.59 Å². The van der Waals surface area contributed by atoms with Gasteiger partial charge in [0, 0.05) is 5.41 Å². The molecule has 1 aromatic carbocycles. The predicted octanol–water partition coefficient (Wildman–Crippen LogP) is 4.54. The maximum atomic E-state index is 13.4. The van der Waals surface area contributed by atoms with Crippen LogP contribution in [0, 0.1) is 5.41 Å². The van der Waals surface area contributed by atoms with E-state index in [1.807, 2.05) is 63.3 Å². The second-order valence-corrected chi connectivity index (χ2v) is 6.72. The molecule has 0 saturated heterocycles. The number of carbonyl (C=O) groups excluding carboxylic acids is 2. The van der Waals surface area contributed by atoms with Crippen LogP contribution < -0.4 is 4.74 Å². The number of benzene rings is 1. The fraction of sp³-hybridized carbons (Fsp3) is 0.364. The number of esters is 1. The van der Waals surface area contributed by atoms with Crippen molar-refractivity contribution in [2.45, 2.75) is 33.6 Å². The highest BCUT2D eigenvalue weighted by Gasteiger charge is 2.31. The molecule has 0 aliphatic carbocycles. The van der Waals surface area contributed by atoms with Gasteiger partial charge >= 0.3 is 5.97 Å². The van der Waals surface area contributed by atoms with Crippen LogP contribution in [0.15, 0.2) is 42.5 Å². The molecular formula is C22H26O4. The van der Waals surface area contributed by atoms with Crippen LogP contribution in [0.2, 0.25) is 0 Å².